The van der Waals surface area contributed by atoms with Crippen LogP contribution in [-0.2, 0) is 9.59 Å². The second-order valence-corrected chi connectivity index (χ2v) is 6.53. The number of anilines is 3. The first kappa shape index (κ1) is 18.3. The zero-order valence-electron chi connectivity index (χ0n) is 13.7. The minimum absolute atomic E-state index is 0.0537. The van der Waals surface area contributed by atoms with Gasteiger partial charge in [-0.05, 0) is 71.5 Å². The number of rotatable bonds is 6. The molecule has 0 radical (unpaired) electrons. The lowest BCUT2D eigenvalue weighted by atomic mass is 10.1. The van der Waals surface area contributed by atoms with Crippen LogP contribution in [0.2, 0.25) is 0 Å². The number of nitrogens with one attached hydrogen (secondary N) is 3. The Bertz CT molecular complexity index is 730. The average Bonchev–Trinajstić information content (AvgIpc) is 2.58. The van der Waals surface area contributed by atoms with Crippen LogP contribution in [0.5, 0.6) is 0 Å². The molecule has 24 heavy (non-hydrogen) atoms. The fraction of sp³-hybridized carbons (Fsp3) is 0.222. The quantitative estimate of drug-likeness (QED) is 0.599. The highest BCUT2D eigenvalue weighted by Crippen LogP contribution is 2.23. The molecular formula is C18H20IN3O2. The number of amides is 2. The molecule has 0 saturated carbocycles. The summed E-state index contributed by atoms with van der Waals surface area (Å²) >= 11 is 2.23. The fourth-order valence-corrected chi connectivity index (χ4v) is 2.45. The van der Waals surface area contributed by atoms with E-state index in [1.807, 2.05) is 43.3 Å². The largest absolute Gasteiger partial charge is 0.376 e. The van der Waals surface area contributed by atoms with E-state index < -0.39 is 0 Å². The lowest BCUT2D eigenvalue weighted by Gasteiger charge is -2.13. The van der Waals surface area contributed by atoms with Crippen molar-refractivity contribution < 1.29 is 9.59 Å². The van der Waals surface area contributed by atoms with Crippen LogP contribution in [0.15, 0.2) is 42.5 Å². The van der Waals surface area contributed by atoms with E-state index in [0.717, 1.165) is 14.8 Å². The first-order chi connectivity index (χ1) is 11.5. The molecule has 0 unspecified atom stereocenters. The van der Waals surface area contributed by atoms with Crippen LogP contribution in [0.3, 0.4) is 0 Å². The monoisotopic (exact) mass is 437 g/mol. The highest BCUT2D eigenvalue weighted by atomic mass is 127. The molecule has 0 heterocycles. The van der Waals surface area contributed by atoms with Gasteiger partial charge in [0, 0.05) is 27.1 Å². The van der Waals surface area contributed by atoms with E-state index in [2.05, 4.69) is 38.5 Å². The average molecular weight is 437 g/mol. The molecule has 3 N–H and O–H groups in total. The standard InChI is InChI=1S/C18H20IN3O2/c1-3-17(23)21-15-5-4-6-16(12(15)2)22-18(24)11-20-14-9-7-13(19)8-10-14/h4-10,20H,3,11H2,1-2H3,(H,21,23)(H,22,24). The van der Waals surface area contributed by atoms with Crippen molar-refractivity contribution >= 4 is 51.5 Å². The van der Waals surface area contributed by atoms with Gasteiger partial charge in [0.05, 0.1) is 6.54 Å². The number of carbonyl (C=O) groups is 2. The summed E-state index contributed by atoms with van der Waals surface area (Å²) in [6.07, 6.45) is 0.413. The van der Waals surface area contributed by atoms with Crippen molar-refractivity contribution in [2.75, 3.05) is 22.5 Å². The Morgan fingerprint density at radius 3 is 2.12 bits per heavy atom. The van der Waals surface area contributed by atoms with E-state index in [1.54, 1.807) is 13.0 Å². The molecule has 0 aliphatic carbocycles. The summed E-state index contributed by atoms with van der Waals surface area (Å²) in [5.41, 5.74) is 3.14. The van der Waals surface area contributed by atoms with Crippen LogP contribution >= 0.6 is 22.6 Å². The molecule has 6 heteroatoms. The molecule has 0 saturated heterocycles. The van der Waals surface area contributed by atoms with E-state index in [4.69, 9.17) is 0 Å². The Hall–Kier alpha value is -2.09. The molecule has 126 valence electrons. The number of benzene rings is 2. The molecule has 2 rings (SSSR count). The molecule has 2 aromatic carbocycles. The number of hydrogen-bond donors (Lipinski definition) is 3. The SMILES string of the molecule is CCC(=O)Nc1cccc(NC(=O)CNc2ccc(I)cc2)c1C. The van der Waals surface area contributed by atoms with E-state index in [1.165, 1.54) is 0 Å². The minimum Gasteiger partial charge on any atom is -0.376 e. The van der Waals surface area contributed by atoms with E-state index in [9.17, 15) is 9.59 Å². The van der Waals surface area contributed by atoms with Crippen LogP contribution in [-0.4, -0.2) is 18.4 Å². The third-order valence-corrected chi connectivity index (χ3v) is 4.22. The Balaban J connectivity index is 1.97. The molecule has 0 aliphatic rings. The highest BCUT2D eigenvalue weighted by Gasteiger charge is 2.09. The van der Waals surface area contributed by atoms with Gasteiger partial charge in [-0.15, -0.1) is 0 Å². The van der Waals surface area contributed by atoms with Crippen molar-refractivity contribution in [3.8, 4) is 0 Å². The summed E-state index contributed by atoms with van der Waals surface area (Å²) in [7, 11) is 0. The number of hydrogen-bond acceptors (Lipinski definition) is 3. The second kappa shape index (κ2) is 8.68. The molecule has 2 amide bonds. The normalized spacial score (nSPS) is 10.1. The van der Waals surface area contributed by atoms with Crippen molar-refractivity contribution in [1.82, 2.24) is 0 Å². The Morgan fingerprint density at radius 2 is 1.54 bits per heavy atom. The Kier molecular flexibility index (Phi) is 6.60. The molecule has 0 aromatic heterocycles. The molecule has 0 spiro atoms. The van der Waals surface area contributed by atoms with Crippen LogP contribution in [0.4, 0.5) is 17.1 Å². The number of halogens is 1. The van der Waals surface area contributed by atoms with Gasteiger partial charge in [0.15, 0.2) is 0 Å². The number of carbonyl (C=O) groups excluding carboxylic acids is 2. The van der Waals surface area contributed by atoms with Gasteiger partial charge in [0.1, 0.15) is 0 Å². The van der Waals surface area contributed by atoms with Crippen LogP contribution in [0.25, 0.3) is 0 Å². The third-order valence-electron chi connectivity index (χ3n) is 3.50. The van der Waals surface area contributed by atoms with Crippen molar-refractivity contribution in [3.05, 3.63) is 51.6 Å². The van der Waals surface area contributed by atoms with Crippen LogP contribution in [0, 0.1) is 10.5 Å². The fourth-order valence-electron chi connectivity index (χ4n) is 2.09. The molecule has 0 aliphatic heterocycles. The van der Waals surface area contributed by atoms with Crippen molar-refractivity contribution in [1.29, 1.82) is 0 Å². The van der Waals surface area contributed by atoms with Gasteiger partial charge in [-0.25, -0.2) is 0 Å². The molecule has 2 aromatic rings. The summed E-state index contributed by atoms with van der Waals surface area (Å²) in [5.74, 6) is -0.197. The lowest BCUT2D eigenvalue weighted by molar-refractivity contribution is -0.116. The third kappa shape index (κ3) is 5.23. The Labute approximate surface area is 155 Å². The van der Waals surface area contributed by atoms with E-state index in [0.29, 0.717) is 17.8 Å². The topological polar surface area (TPSA) is 70.2 Å². The molecule has 0 bridgehead atoms. The van der Waals surface area contributed by atoms with Gasteiger partial charge < -0.3 is 16.0 Å². The van der Waals surface area contributed by atoms with Crippen molar-refractivity contribution in [2.45, 2.75) is 20.3 Å². The smallest absolute Gasteiger partial charge is 0.243 e. The minimum atomic E-state index is -0.143. The maximum atomic E-state index is 12.1. The summed E-state index contributed by atoms with van der Waals surface area (Å²) in [6.45, 7) is 3.84. The van der Waals surface area contributed by atoms with Gasteiger partial charge in [0.25, 0.3) is 0 Å². The van der Waals surface area contributed by atoms with Gasteiger partial charge in [0.2, 0.25) is 11.8 Å². The van der Waals surface area contributed by atoms with Gasteiger partial charge >= 0.3 is 0 Å². The van der Waals surface area contributed by atoms with E-state index >= 15 is 0 Å². The predicted octanol–water partition coefficient (Wildman–Crippen LogP) is 4.00. The van der Waals surface area contributed by atoms with E-state index in [-0.39, 0.29) is 18.4 Å². The molecule has 5 nitrogen and oxygen atoms in total. The van der Waals surface area contributed by atoms with Gasteiger partial charge in [-0.2, -0.15) is 0 Å². The maximum Gasteiger partial charge on any atom is 0.243 e. The maximum absolute atomic E-state index is 12.1. The van der Waals surface area contributed by atoms with Crippen LogP contribution in [0.1, 0.15) is 18.9 Å². The second-order valence-electron chi connectivity index (χ2n) is 5.29. The van der Waals surface area contributed by atoms with Crippen molar-refractivity contribution in [3.63, 3.8) is 0 Å². The molecule has 0 atom stereocenters. The van der Waals surface area contributed by atoms with Crippen LogP contribution < -0.4 is 16.0 Å². The zero-order chi connectivity index (χ0) is 17.5. The summed E-state index contributed by atoms with van der Waals surface area (Å²) in [4.78, 5) is 23.7. The van der Waals surface area contributed by atoms with Crippen molar-refractivity contribution in [2.24, 2.45) is 0 Å². The van der Waals surface area contributed by atoms with Gasteiger partial charge in [-0.1, -0.05) is 13.0 Å². The highest BCUT2D eigenvalue weighted by molar-refractivity contribution is 14.1. The first-order valence-corrected chi connectivity index (χ1v) is 8.76. The summed E-state index contributed by atoms with van der Waals surface area (Å²) < 4.78 is 1.14. The summed E-state index contributed by atoms with van der Waals surface area (Å²) in [5, 5.41) is 8.78. The predicted molar refractivity (Wildman–Crippen MR) is 106 cm³/mol. The summed E-state index contributed by atoms with van der Waals surface area (Å²) in [6, 6.07) is 13.3. The first-order valence-electron chi connectivity index (χ1n) is 7.68. The lowest BCUT2D eigenvalue weighted by Crippen LogP contribution is -2.22. The van der Waals surface area contributed by atoms with Gasteiger partial charge in [-0.3, -0.25) is 9.59 Å². The molecule has 0 fully saturated rings. The Morgan fingerprint density at radius 1 is 0.958 bits per heavy atom. The molecular weight excluding hydrogens is 417 g/mol. The zero-order valence-corrected chi connectivity index (χ0v) is 15.8.